The molecule has 1 aliphatic heterocycles. The number of fused-ring (bicyclic) bond motifs is 1. The Bertz CT molecular complexity index is 1040. The van der Waals surface area contributed by atoms with Crippen LogP contribution in [0.4, 0.5) is 11.4 Å². The fourth-order valence-corrected chi connectivity index (χ4v) is 5.20. The van der Waals surface area contributed by atoms with Gasteiger partial charge < -0.3 is 15.0 Å². The zero-order chi connectivity index (χ0) is 20.3. The standard InChI is InChI=1S/C18H18ClN3O4S2/c1-3-22-14-6-4-5-7-16(14)28(24,25)21-18(22)27-11-17(23)20-13-10-12(19)8-9-15(13)26-2/h4-10H,3,11H2,1-2H3,(H,20,23). The molecule has 1 heterocycles. The van der Waals surface area contributed by atoms with E-state index in [1.807, 2.05) is 6.92 Å². The van der Waals surface area contributed by atoms with Gasteiger partial charge in [0.25, 0.3) is 10.0 Å². The number of nitrogens with one attached hydrogen (secondary N) is 1. The van der Waals surface area contributed by atoms with Gasteiger partial charge in [-0.2, -0.15) is 8.42 Å². The molecule has 1 amide bonds. The van der Waals surface area contributed by atoms with Gasteiger partial charge in [0.1, 0.15) is 10.6 Å². The van der Waals surface area contributed by atoms with E-state index < -0.39 is 10.0 Å². The summed E-state index contributed by atoms with van der Waals surface area (Å²) in [7, 11) is -2.31. The maximum atomic E-state index is 12.4. The number of ether oxygens (including phenoxy) is 1. The summed E-state index contributed by atoms with van der Waals surface area (Å²) >= 11 is 7.02. The molecule has 0 spiro atoms. The SMILES string of the molecule is CCN1C(SCC(=O)Nc2cc(Cl)ccc2OC)=NS(=O)(=O)c2ccccc21. The van der Waals surface area contributed by atoms with Crippen LogP contribution in [0.3, 0.4) is 0 Å². The molecule has 28 heavy (non-hydrogen) atoms. The number of amides is 1. The molecule has 0 aliphatic carbocycles. The molecular formula is C18H18ClN3O4S2. The minimum atomic E-state index is -3.80. The van der Waals surface area contributed by atoms with Gasteiger partial charge in [-0.05, 0) is 37.3 Å². The first kappa shape index (κ1) is 20.5. The predicted octanol–water partition coefficient (Wildman–Crippen LogP) is 3.61. The maximum Gasteiger partial charge on any atom is 0.286 e. The van der Waals surface area contributed by atoms with E-state index in [9.17, 15) is 13.2 Å². The first-order valence-corrected chi connectivity index (χ1v) is 11.1. The molecule has 0 aromatic heterocycles. The Labute approximate surface area is 172 Å². The van der Waals surface area contributed by atoms with Crippen LogP contribution in [0.1, 0.15) is 6.92 Å². The summed E-state index contributed by atoms with van der Waals surface area (Å²) in [6.45, 7) is 2.41. The monoisotopic (exact) mass is 439 g/mol. The number of sulfonamides is 1. The van der Waals surface area contributed by atoms with E-state index >= 15 is 0 Å². The fourth-order valence-electron chi connectivity index (χ4n) is 2.71. The zero-order valence-electron chi connectivity index (χ0n) is 15.2. The van der Waals surface area contributed by atoms with Crippen LogP contribution in [0.15, 0.2) is 51.8 Å². The Balaban J connectivity index is 1.76. The van der Waals surface area contributed by atoms with Crippen molar-refractivity contribution in [3.05, 3.63) is 47.5 Å². The molecule has 0 unspecified atom stereocenters. The number of benzene rings is 2. The van der Waals surface area contributed by atoms with E-state index in [0.717, 1.165) is 11.8 Å². The number of para-hydroxylation sites is 1. The number of anilines is 2. The van der Waals surface area contributed by atoms with Gasteiger partial charge in [0.15, 0.2) is 5.17 Å². The predicted molar refractivity (Wildman–Crippen MR) is 113 cm³/mol. The molecule has 0 atom stereocenters. The van der Waals surface area contributed by atoms with Crippen molar-refractivity contribution in [2.45, 2.75) is 11.8 Å². The molecule has 1 aliphatic rings. The Kier molecular flexibility index (Phi) is 6.17. The van der Waals surface area contributed by atoms with Crippen LogP contribution in [0.25, 0.3) is 0 Å². The summed E-state index contributed by atoms with van der Waals surface area (Å²) in [5, 5.41) is 3.44. The van der Waals surface area contributed by atoms with E-state index in [-0.39, 0.29) is 21.7 Å². The second-order valence-corrected chi connectivity index (χ2v) is 8.69. The molecule has 7 nitrogen and oxygen atoms in total. The fraction of sp³-hybridized carbons (Fsp3) is 0.222. The lowest BCUT2D eigenvalue weighted by atomic mass is 10.3. The van der Waals surface area contributed by atoms with Crippen molar-refractivity contribution >= 4 is 55.8 Å². The van der Waals surface area contributed by atoms with Gasteiger partial charge in [0.05, 0.1) is 24.2 Å². The largest absolute Gasteiger partial charge is 0.495 e. The lowest BCUT2D eigenvalue weighted by molar-refractivity contribution is -0.113. The van der Waals surface area contributed by atoms with Crippen LogP contribution < -0.4 is 15.0 Å². The van der Waals surface area contributed by atoms with Gasteiger partial charge in [-0.3, -0.25) is 4.79 Å². The van der Waals surface area contributed by atoms with Gasteiger partial charge in [-0.15, -0.1) is 4.40 Å². The highest BCUT2D eigenvalue weighted by Crippen LogP contribution is 2.34. The van der Waals surface area contributed by atoms with Crippen molar-refractivity contribution in [1.29, 1.82) is 0 Å². The molecule has 1 N–H and O–H groups in total. The van der Waals surface area contributed by atoms with Crippen molar-refractivity contribution in [2.75, 3.05) is 29.6 Å². The number of hydrogen-bond acceptors (Lipinski definition) is 6. The normalized spacial score (nSPS) is 14.8. The average molecular weight is 440 g/mol. The molecule has 0 saturated heterocycles. The molecule has 10 heteroatoms. The Hall–Kier alpha value is -2.23. The van der Waals surface area contributed by atoms with Crippen LogP contribution in [-0.4, -0.2) is 38.9 Å². The van der Waals surface area contributed by atoms with Gasteiger partial charge in [-0.25, -0.2) is 0 Å². The second kappa shape index (κ2) is 8.42. The van der Waals surface area contributed by atoms with E-state index in [4.69, 9.17) is 16.3 Å². The number of carbonyl (C=O) groups excluding carboxylic acids is 1. The van der Waals surface area contributed by atoms with Crippen molar-refractivity contribution in [3.63, 3.8) is 0 Å². The van der Waals surface area contributed by atoms with Crippen LogP contribution in [-0.2, 0) is 14.8 Å². The Morgan fingerprint density at radius 2 is 2.04 bits per heavy atom. The van der Waals surface area contributed by atoms with Crippen LogP contribution in [0.5, 0.6) is 5.75 Å². The first-order chi connectivity index (χ1) is 13.4. The third-order valence-electron chi connectivity index (χ3n) is 3.95. The number of carbonyl (C=O) groups is 1. The second-order valence-electron chi connectivity index (χ2n) is 5.74. The Morgan fingerprint density at radius 1 is 1.29 bits per heavy atom. The van der Waals surface area contributed by atoms with Crippen molar-refractivity contribution in [1.82, 2.24) is 0 Å². The smallest absolute Gasteiger partial charge is 0.286 e. The third-order valence-corrected chi connectivity index (χ3v) is 6.59. The Morgan fingerprint density at radius 3 is 2.75 bits per heavy atom. The molecule has 2 aromatic carbocycles. The van der Waals surface area contributed by atoms with Gasteiger partial charge in [-0.1, -0.05) is 35.5 Å². The van der Waals surface area contributed by atoms with Crippen LogP contribution in [0, 0.1) is 0 Å². The topological polar surface area (TPSA) is 88.1 Å². The van der Waals surface area contributed by atoms with Crippen LogP contribution in [0.2, 0.25) is 5.02 Å². The maximum absolute atomic E-state index is 12.4. The quantitative estimate of drug-likeness (QED) is 0.765. The minimum absolute atomic E-state index is 0.0251. The lowest BCUT2D eigenvalue weighted by Gasteiger charge is -2.29. The molecule has 148 valence electrons. The molecule has 0 radical (unpaired) electrons. The van der Waals surface area contributed by atoms with Crippen molar-refractivity contribution in [2.24, 2.45) is 4.40 Å². The number of halogens is 1. The average Bonchev–Trinajstić information content (AvgIpc) is 2.66. The number of hydrogen-bond donors (Lipinski definition) is 1. The molecule has 2 aromatic rings. The highest BCUT2D eigenvalue weighted by molar-refractivity contribution is 8.15. The van der Waals surface area contributed by atoms with E-state index in [1.165, 1.54) is 13.2 Å². The van der Waals surface area contributed by atoms with Gasteiger partial charge in [0, 0.05) is 11.6 Å². The molecule has 0 bridgehead atoms. The van der Waals surface area contributed by atoms with E-state index in [2.05, 4.69) is 9.71 Å². The summed E-state index contributed by atoms with van der Waals surface area (Å²) in [4.78, 5) is 14.3. The minimum Gasteiger partial charge on any atom is -0.495 e. The van der Waals surface area contributed by atoms with Gasteiger partial charge in [0.2, 0.25) is 5.91 Å². The lowest BCUT2D eigenvalue weighted by Crippen LogP contribution is -2.34. The molecular weight excluding hydrogens is 422 g/mol. The third kappa shape index (κ3) is 4.26. The number of methoxy groups -OCH3 is 1. The summed E-state index contributed by atoms with van der Waals surface area (Å²) in [5.74, 6) is 0.118. The highest BCUT2D eigenvalue weighted by Gasteiger charge is 2.30. The van der Waals surface area contributed by atoms with Gasteiger partial charge >= 0.3 is 0 Å². The molecule has 0 fully saturated rings. The highest BCUT2D eigenvalue weighted by atomic mass is 35.5. The summed E-state index contributed by atoms with van der Waals surface area (Å²) in [6.07, 6.45) is 0. The molecule has 3 rings (SSSR count). The zero-order valence-corrected chi connectivity index (χ0v) is 17.6. The first-order valence-electron chi connectivity index (χ1n) is 8.33. The number of nitrogens with zero attached hydrogens (tertiary/aromatic N) is 2. The molecule has 0 saturated carbocycles. The van der Waals surface area contributed by atoms with E-state index in [0.29, 0.717) is 28.7 Å². The van der Waals surface area contributed by atoms with E-state index in [1.54, 1.807) is 41.3 Å². The summed E-state index contributed by atoms with van der Waals surface area (Å²) in [5.41, 5.74) is 0.996. The summed E-state index contributed by atoms with van der Waals surface area (Å²) < 4.78 is 34.0. The number of rotatable bonds is 5. The van der Waals surface area contributed by atoms with Crippen LogP contribution >= 0.6 is 23.4 Å². The number of thioether (sulfide) groups is 1. The van der Waals surface area contributed by atoms with Crippen molar-refractivity contribution < 1.29 is 17.9 Å². The summed E-state index contributed by atoms with van der Waals surface area (Å²) in [6, 6.07) is 11.6. The number of amidine groups is 1. The van der Waals surface area contributed by atoms with Crippen molar-refractivity contribution in [3.8, 4) is 5.75 Å².